The van der Waals surface area contributed by atoms with Gasteiger partial charge in [-0.1, -0.05) is 23.2 Å². The molecule has 1 N–H and O–H groups in total. The van der Waals surface area contributed by atoms with E-state index in [1.54, 1.807) is 30.5 Å². The van der Waals surface area contributed by atoms with Crippen LogP contribution in [-0.4, -0.2) is 54.7 Å². The summed E-state index contributed by atoms with van der Waals surface area (Å²) in [4.78, 5) is 50.4. The van der Waals surface area contributed by atoms with Crippen molar-refractivity contribution < 1.29 is 37.4 Å². The largest absolute Gasteiger partial charge is 0.480 e. The fourth-order valence-electron chi connectivity index (χ4n) is 3.65. The van der Waals surface area contributed by atoms with Crippen LogP contribution in [0, 0.1) is 5.92 Å². The Kier molecular flexibility index (Phi) is 9.01. The molecule has 1 aliphatic carbocycles. The maximum absolute atomic E-state index is 12.3. The van der Waals surface area contributed by atoms with E-state index >= 15 is 0 Å². The van der Waals surface area contributed by atoms with Crippen molar-refractivity contribution in [2.24, 2.45) is 5.92 Å². The van der Waals surface area contributed by atoms with Crippen LogP contribution in [0.25, 0.3) is 10.9 Å². The van der Waals surface area contributed by atoms with Crippen LogP contribution < -0.4 is 4.74 Å². The van der Waals surface area contributed by atoms with Gasteiger partial charge in [-0.2, -0.15) is 0 Å². The molecule has 1 heterocycles. The number of pyridine rings is 1. The molecule has 3 aromatic rings. The van der Waals surface area contributed by atoms with Crippen molar-refractivity contribution in [3.63, 3.8) is 0 Å². The molecule has 0 atom stereocenters. The molecule has 4 rings (SSSR count). The molecule has 12 heteroatoms. The summed E-state index contributed by atoms with van der Waals surface area (Å²) in [6, 6.07) is 10.5. The molecule has 37 heavy (non-hydrogen) atoms. The summed E-state index contributed by atoms with van der Waals surface area (Å²) in [5, 5.41) is 9.76. The number of benzene rings is 2. The van der Waals surface area contributed by atoms with Crippen molar-refractivity contribution in [2.75, 3.05) is 12.9 Å². The number of ether oxygens (including phenoxy) is 1. The minimum Gasteiger partial charge on any atom is -0.480 e. The highest BCUT2D eigenvalue weighted by Crippen LogP contribution is 2.30. The van der Waals surface area contributed by atoms with Crippen LogP contribution in [0.3, 0.4) is 0 Å². The van der Waals surface area contributed by atoms with Gasteiger partial charge in [0, 0.05) is 36.2 Å². The van der Waals surface area contributed by atoms with Crippen LogP contribution in [0.5, 0.6) is 5.75 Å². The lowest BCUT2D eigenvalue weighted by atomic mass is 9.82. The van der Waals surface area contributed by atoms with Gasteiger partial charge in [0.15, 0.2) is 33.8 Å². The number of carboxylic acids is 1. The number of aliphatic carboxylic acids is 1. The van der Waals surface area contributed by atoms with E-state index in [1.807, 2.05) is 0 Å². The Morgan fingerprint density at radius 1 is 1.05 bits per heavy atom. The zero-order valence-corrected chi connectivity index (χ0v) is 21.8. The summed E-state index contributed by atoms with van der Waals surface area (Å²) >= 11 is 11.9. The fraction of sp³-hybridized carbons (Fsp3) is 0.240. The summed E-state index contributed by atoms with van der Waals surface area (Å²) in [7, 11) is -3.44. The Balaban J connectivity index is 0.000000213. The van der Waals surface area contributed by atoms with Crippen LogP contribution >= 0.6 is 23.2 Å². The number of hydrogen-bond donors (Lipinski definition) is 1. The van der Waals surface area contributed by atoms with Gasteiger partial charge in [0.1, 0.15) is 17.2 Å². The third-order valence-corrected chi connectivity index (χ3v) is 7.17. The normalized spacial score (nSPS) is 14.1. The van der Waals surface area contributed by atoms with Crippen molar-refractivity contribution in [3.05, 3.63) is 64.3 Å². The number of hydrogen-bond acceptors (Lipinski definition) is 8. The van der Waals surface area contributed by atoms with E-state index in [0.29, 0.717) is 22.7 Å². The van der Waals surface area contributed by atoms with Crippen molar-refractivity contribution in [1.29, 1.82) is 0 Å². The number of fused-ring (bicyclic) bond motifs is 1. The molecule has 0 spiro atoms. The third-order valence-electron chi connectivity index (χ3n) is 5.42. The molecular weight excluding hydrogens is 545 g/mol. The van der Waals surface area contributed by atoms with Gasteiger partial charge in [-0.3, -0.25) is 19.4 Å². The van der Waals surface area contributed by atoms with Crippen molar-refractivity contribution in [1.82, 2.24) is 4.98 Å². The highest BCUT2D eigenvalue weighted by atomic mass is 35.5. The number of carboxylic acid groups (broad SMARTS) is 1. The van der Waals surface area contributed by atoms with Crippen LogP contribution in [0.2, 0.25) is 10.0 Å². The van der Waals surface area contributed by atoms with E-state index in [0.717, 1.165) is 17.7 Å². The van der Waals surface area contributed by atoms with Crippen LogP contribution in [0.4, 0.5) is 0 Å². The smallest absolute Gasteiger partial charge is 0.341 e. The lowest BCUT2D eigenvalue weighted by Crippen LogP contribution is -2.35. The summed E-state index contributed by atoms with van der Waals surface area (Å²) in [5.74, 6) is -3.38. The molecule has 1 saturated carbocycles. The van der Waals surface area contributed by atoms with Crippen molar-refractivity contribution in [3.8, 4) is 5.75 Å². The second-order valence-electron chi connectivity index (χ2n) is 8.12. The maximum atomic E-state index is 12.3. The molecule has 194 valence electrons. The molecule has 0 saturated heterocycles. The SMILES string of the molecule is CS(=O)(=O)c1ccc(C(=O)C2C(=O)CCCC2=O)c(Cl)c1.O=C(O)COc1ccc(Cl)c2cccnc12. The Labute approximate surface area is 222 Å². The molecule has 2 aromatic carbocycles. The third kappa shape index (κ3) is 6.91. The van der Waals surface area contributed by atoms with Crippen LogP contribution in [0.1, 0.15) is 29.6 Å². The second kappa shape index (κ2) is 11.8. The zero-order valence-electron chi connectivity index (χ0n) is 19.4. The van der Waals surface area contributed by atoms with Gasteiger partial charge in [-0.25, -0.2) is 13.2 Å². The van der Waals surface area contributed by atoms with E-state index in [2.05, 4.69) is 4.98 Å². The average Bonchev–Trinajstić information content (AvgIpc) is 2.83. The fourth-order valence-corrected chi connectivity index (χ4v) is 4.85. The Hall–Kier alpha value is -3.34. The molecule has 0 aliphatic heterocycles. The number of carbonyl (C=O) groups excluding carboxylic acids is 3. The molecule has 1 fully saturated rings. The Morgan fingerprint density at radius 2 is 1.73 bits per heavy atom. The molecule has 0 amide bonds. The van der Waals surface area contributed by atoms with E-state index in [4.69, 9.17) is 33.0 Å². The summed E-state index contributed by atoms with van der Waals surface area (Å²) in [5.41, 5.74) is 0.564. The molecule has 9 nitrogen and oxygen atoms in total. The molecule has 0 radical (unpaired) electrons. The number of halogens is 2. The van der Waals surface area contributed by atoms with E-state index in [9.17, 15) is 27.6 Å². The molecular formula is C25H21Cl2NO8S. The van der Waals surface area contributed by atoms with Crippen LogP contribution in [0.15, 0.2) is 53.6 Å². The Morgan fingerprint density at radius 3 is 2.32 bits per heavy atom. The highest BCUT2D eigenvalue weighted by molar-refractivity contribution is 7.90. The lowest BCUT2D eigenvalue weighted by Gasteiger charge is -2.18. The predicted molar refractivity (Wildman–Crippen MR) is 136 cm³/mol. The first-order valence-electron chi connectivity index (χ1n) is 10.9. The quantitative estimate of drug-likeness (QED) is 0.343. The summed E-state index contributed by atoms with van der Waals surface area (Å²) in [6.07, 6.45) is 3.48. The summed E-state index contributed by atoms with van der Waals surface area (Å²) < 4.78 is 28.0. The lowest BCUT2D eigenvalue weighted by molar-refractivity contribution is -0.139. The number of aromatic nitrogens is 1. The molecule has 0 bridgehead atoms. The van der Waals surface area contributed by atoms with Gasteiger partial charge in [0.05, 0.1) is 14.9 Å². The number of nitrogens with zero attached hydrogens (tertiary/aromatic N) is 1. The second-order valence-corrected chi connectivity index (χ2v) is 11.0. The van der Waals surface area contributed by atoms with E-state index in [-0.39, 0.29) is 28.3 Å². The number of ketones is 3. The number of carbonyl (C=O) groups is 4. The zero-order chi connectivity index (χ0) is 27.3. The number of rotatable bonds is 6. The van der Waals surface area contributed by atoms with Gasteiger partial charge >= 0.3 is 5.97 Å². The first kappa shape index (κ1) is 28.2. The first-order chi connectivity index (χ1) is 17.4. The highest BCUT2D eigenvalue weighted by Gasteiger charge is 2.37. The van der Waals surface area contributed by atoms with Gasteiger partial charge < -0.3 is 9.84 Å². The minimum atomic E-state index is -3.44. The van der Waals surface area contributed by atoms with Gasteiger partial charge in [0.2, 0.25) is 0 Å². The topological polar surface area (TPSA) is 145 Å². The standard InChI is InChI=1S/C14H13ClO5S.C11H8ClNO3/c1-21(19,20)8-5-6-9(10(15)7-8)14(18)13-11(16)3-2-4-12(13)17;12-8-3-4-9(16-6-10(14)15)11-7(8)2-1-5-13-11/h5-7,13H,2-4H2,1H3;1-5H,6H2,(H,14,15). The maximum Gasteiger partial charge on any atom is 0.341 e. The number of sulfone groups is 1. The molecule has 1 aliphatic rings. The van der Waals surface area contributed by atoms with E-state index < -0.39 is 45.7 Å². The van der Waals surface area contributed by atoms with Gasteiger partial charge in [-0.15, -0.1) is 0 Å². The average molecular weight is 566 g/mol. The molecule has 1 aromatic heterocycles. The van der Waals surface area contributed by atoms with Crippen molar-refractivity contribution in [2.45, 2.75) is 24.2 Å². The number of Topliss-reactive ketones (excluding diaryl/α,β-unsaturated/α-hetero) is 3. The summed E-state index contributed by atoms with van der Waals surface area (Å²) in [6.45, 7) is -0.396. The predicted octanol–water partition coefficient (Wildman–Crippen LogP) is 4.22. The van der Waals surface area contributed by atoms with E-state index in [1.165, 1.54) is 12.1 Å². The Bertz CT molecular complexity index is 1490. The minimum absolute atomic E-state index is 0.00216. The van der Waals surface area contributed by atoms with Crippen molar-refractivity contribution >= 4 is 67.3 Å². The van der Waals surface area contributed by atoms with Gasteiger partial charge in [0.25, 0.3) is 0 Å². The molecule has 0 unspecified atom stereocenters. The first-order valence-corrected chi connectivity index (χ1v) is 13.5. The van der Waals surface area contributed by atoms with Crippen LogP contribution in [-0.2, 0) is 24.2 Å². The van der Waals surface area contributed by atoms with Gasteiger partial charge in [-0.05, 0) is 48.9 Å². The monoisotopic (exact) mass is 565 g/mol.